The van der Waals surface area contributed by atoms with Crippen LogP contribution in [0.5, 0.6) is 0 Å². The van der Waals surface area contributed by atoms with Crippen LogP contribution in [-0.2, 0) is 0 Å². The SMILES string of the molecule is Brc1ccccc1-c1ccccc1.CI.Nc1cc(-c2ccccc2)c(N)cc1-c1ccccc1.c1ccc(-c2ccccc2Nc2cc(-c3ccccc3)c(Nc3ccccc3-c3ccccc3)cc2-c2ccccc2)cc1.c1ccc2c(c1)-c1ccccc1N1c3cc4c(cc3-c3ccccc3C21)N1c2ccccc2-c2ccccc2C1c1ccccc1-4. The van der Waals surface area contributed by atoms with Gasteiger partial charge in [-0.05, 0) is 161 Å². The number of hydrogen-bond donors (Lipinski definition) is 4. The van der Waals surface area contributed by atoms with Crippen molar-refractivity contribution in [1.82, 2.24) is 0 Å². The summed E-state index contributed by atoms with van der Waals surface area (Å²) in [4.78, 5) is 7.20. The summed E-state index contributed by atoms with van der Waals surface area (Å²) in [6, 6.07) is 166. The summed E-state index contributed by atoms with van der Waals surface area (Å²) in [5, 5.41) is 7.70. The fourth-order valence-corrected chi connectivity index (χ4v) is 18.8. The minimum Gasteiger partial charge on any atom is -0.398 e. The molecule has 125 heavy (non-hydrogen) atoms. The van der Waals surface area contributed by atoms with Crippen LogP contribution in [0.4, 0.5) is 56.9 Å². The molecule has 2 unspecified atom stereocenters. The smallest absolute Gasteiger partial charge is 0.0857 e. The van der Waals surface area contributed by atoms with Crippen LogP contribution in [0, 0.1) is 0 Å². The molecule has 0 bridgehead atoms. The van der Waals surface area contributed by atoms with Gasteiger partial charge < -0.3 is 31.9 Å². The Kier molecular flexibility index (Phi) is 23.3. The van der Waals surface area contributed by atoms with Crippen molar-refractivity contribution in [1.29, 1.82) is 0 Å². The van der Waals surface area contributed by atoms with Crippen LogP contribution in [0.1, 0.15) is 34.3 Å². The van der Waals surface area contributed by atoms with Gasteiger partial charge in [-0.15, -0.1) is 0 Å². The number of anilines is 10. The van der Waals surface area contributed by atoms with E-state index in [0.717, 1.165) is 94.2 Å². The number of hydrogen-bond acceptors (Lipinski definition) is 6. The molecular weight excluding hydrogens is 1700 g/mol. The van der Waals surface area contributed by atoms with Crippen molar-refractivity contribution in [3.63, 3.8) is 0 Å². The number of fused-ring (bicyclic) bond motifs is 22. The molecule has 0 aliphatic carbocycles. The van der Waals surface area contributed by atoms with E-state index in [4.69, 9.17) is 11.5 Å². The first-order chi connectivity index (χ1) is 61.8. The number of rotatable bonds is 11. The molecule has 0 spiro atoms. The summed E-state index contributed by atoms with van der Waals surface area (Å²) in [5.74, 6) is 0. The molecule has 2 atom stereocenters. The first kappa shape index (κ1) is 79.9. The average molecular weight is 1780 g/mol. The number of nitrogens with one attached hydrogen (secondary N) is 2. The second-order valence-corrected chi connectivity index (χ2v) is 32.0. The van der Waals surface area contributed by atoms with E-state index in [9.17, 15) is 0 Å². The van der Waals surface area contributed by atoms with Crippen LogP contribution in [0.25, 0.3) is 122 Å². The van der Waals surface area contributed by atoms with Gasteiger partial charge in [0.2, 0.25) is 0 Å². The van der Waals surface area contributed by atoms with Gasteiger partial charge in [0.05, 0.1) is 23.5 Å². The molecule has 0 aromatic heterocycles. The standard InChI is InChI=1S/C44H28N2.C42H32N2.C18H16N2.C12H9Br.CH3I/c1-5-19-33-27(13-1)31-17-9-11-23-39(31)45-41-25-38-30-16-4-8-22-36(30)44-34-20-6-2-14-28(34)32-18-10-12-24-40(32)46(44)42(38)26-37(41)29-15-3-7-21-35(29)43(33)45;1-5-17-31(18-6-1)35-25-13-15-27-39(35)43-41-29-38(34-23-11-4-12-24-34)42(30-37(41)33-21-9-3-10-22-33)44-40-28-16-14-26-36(40)32-19-7-2-8-20-32;19-17-12-16(14-9-5-2-6-10-14)18(20)11-15(17)13-7-3-1-4-8-13;13-12-9-5-4-8-11(12)10-6-2-1-3-7-10;1-2/h1-26,43-44H;1-30,43-44H;1-12H,19-20H2;1-9H;1H3. The summed E-state index contributed by atoms with van der Waals surface area (Å²) in [6.45, 7) is 0. The predicted octanol–water partition coefficient (Wildman–Crippen LogP) is 32.7. The van der Waals surface area contributed by atoms with E-state index in [0.29, 0.717) is 0 Å². The lowest BCUT2D eigenvalue weighted by Crippen LogP contribution is -2.34. The van der Waals surface area contributed by atoms with Crippen LogP contribution in [0.15, 0.2) is 472 Å². The van der Waals surface area contributed by atoms with E-state index in [1.807, 2.05) is 95.9 Å². The summed E-state index contributed by atoms with van der Waals surface area (Å²) >= 11 is 5.68. The fourth-order valence-electron chi connectivity index (χ4n) is 18.3. The molecule has 0 saturated carbocycles. The monoisotopic (exact) mass is 1780 g/mol. The van der Waals surface area contributed by atoms with E-state index < -0.39 is 0 Å². The molecule has 4 aliphatic heterocycles. The molecule has 0 radical (unpaired) electrons. The lowest BCUT2D eigenvalue weighted by molar-refractivity contribution is 0.793. The Balaban J connectivity index is 0.000000119. The largest absolute Gasteiger partial charge is 0.398 e. The molecule has 0 fully saturated rings. The van der Waals surface area contributed by atoms with Crippen LogP contribution >= 0.6 is 38.5 Å². The molecule has 19 aromatic carbocycles. The molecule has 4 heterocycles. The number of para-hydroxylation sites is 4. The van der Waals surface area contributed by atoms with Crippen molar-refractivity contribution in [2.45, 2.75) is 12.1 Å². The highest BCUT2D eigenvalue weighted by molar-refractivity contribution is 14.1. The quantitative estimate of drug-likeness (QED) is 0.0587. The Labute approximate surface area is 754 Å². The maximum atomic E-state index is 6.20. The highest BCUT2D eigenvalue weighted by atomic mass is 127. The Morgan fingerprint density at radius 2 is 0.432 bits per heavy atom. The highest BCUT2D eigenvalue weighted by Crippen LogP contribution is 2.63. The maximum Gasteiger partial charge on any atom is 0.0857 e. The third-order valence-electron chi connectivity index (χ3n) is 23.9. The van der Waals surface area contributed by atoms with Crippen molar-refractivity contribution in [2.75, 3.05) is 36.8 Å². The molecule has 0 saturated heterocycles. The van der Waals surface area contributed by atoms with E-state index in [-0.39, 0.29) is 12.1 Å². The predicted molar refractivity (Wildman–Crippen MR) is 542 cm³/mol. The van der Waals surface area contributed by atoms with Crippen molar-refractivity contribution < 1.29 is 0 Å². The number of nitrogens with zero attached hydrogens (tertiary/aromatic N) is 2. The first-order valence-electron chi connectivity index (χ1n) is 42.2. The number of nitrogen functional groups attached to an aromatic ring is 2. The van der Waals surface area contributed by atoms with Crippen molar-refractivity contribution >= 4 is 95.4 Å². The molecule has 0 amide bonds. The van der Waals surface area contributed by atoms with Gasteiger partial charge in [-0.2, -0.15) is 0 Å². The van der Waals surface area contributed by atoms with Gasteiger partial charge in [-0.25, -0.2) is 0 Å². The molecular formula is C117H88BrIN6. The second-order valence-electron chi connectivity index (χ2n) is 31.2. The minimum atomic E-state index is 0.0991. The zero-order valence-corrected chi connectivity index (χ0v) is 72.7. The van der Waals surface area contributed by atoms with Gasteiger partial charge in [0.1, 0.15) is 0 Å². The molecule has 19 aromatic rings. The topological polar surface area (TPSA) is 82.6 Å². The maximum absolute atomic E-state index is 6.20. The molecule has 4 aliphatic rings. The second kappa shape index (κ2) is 36.5. The Morgan fingerprint density at radius 3 is 0.752 bits per heavy atom. The normalized spacial score (nSPS) is 12.8. The summed E-state index contributed by atoms with van der Waals surface area (Å²) in [6.07, 6.45) is 0. The molecule has 23 rings (SSSR count). The van der Waals surface area contributed by atoms with E-state index in [2.05, 4.69) is 435 Å². The lowest BCUT2D eigenvalue weighted by atomic mass is 9.75. The molecule has 6 nitrogen and oxygen atoms in total. The first-order valence-corrected chi connectivity index (χ1v) is 45.2. The van der Waals surface area contributed by atoms with Crippen molar-refractivity contribution in [2.24, 2.45) is 0 Å². The third kappa shape index (κ3) is 16.0. The van der Waals surface area contributed by atoms with Crippen molar-refractivity contribution in [3.05, 3.63) is 494 Å². The summed E-state index contributed by atoms with van der Waals surface area (Å²) in [5.41, 5.74) is 54.8. The van der Waals surface area contributed by atoms with E-state index in [1.54, 1.807) is 0 Å². The lowest BCUT2D eigenvalue weighted by Gasteiger charge is -2.48. The van der Waals surface area contributed by atoms with Crippen LogP contribution in [0.3, 0.4) is 0 Å². The number of alkyl halides is 1. The Bertz CT molecular complexity index is 6670. The van der Waals surface area contributed by atoms with E-state index in [1.165, 1.54) is 112 Å². The minimum absolute atomic E-state index is 0.0991. The summed E-state index contributed by atoms with van der Waals surface area (Å²) < 4.78 is 1.14. The van der Waals surface area contributed by atoms with Gasteiger partial charge in [0.25, 0.3) is 0 Å². The third-order valence-corrected chi connectivity index (χ3v) is 24.6. The highest BCUT2D eigenvalue weighted by Gasteiger charge is 2.43. The van der Waals surface area contributed by atoms with Crippen LogP contribution in [0.2, 0.25) is 0 Å². The molecule has 600 valence electrons. The average Bonchev–Trinajstić information content (AvgIpc) is 0.690. The van der Waals surface area contributed by atoms with Gasteiger partial charge >= 0.3 is 0 Å². The van der Waals surface area contributed by atoms with Gasteiger partial charge in [-0.1, -0.05) is 439 Å². The van der Waals surface area contributed by atoms with Crippen molar-refractivity contribution in [3.8, 4) is 122 Å². The number of benzene rings is 19. The van der Waals surface area contributed by atoms with Gasteiger partial charge in [0.15, 0.2) is 0 Å². The molecule has 8 heteroatoms. The summed E-state index contributed by atoms with van der Waals surface area (Å²) in [7, 11) is 0. The number of halogens is 2. The van der Waals surface area contributed by atoms with Crippen LogP contribution < -0.4 is 31.9 Å². The van der Waals surface area contributed by atoms with E-state index >= 15 is 0 Å². The van der Waals surface area contributed by atoms with Gasteiger partial charge in [0, 0.05) is 106 Å². The Morgan fingerprint density at radius 1 is 0.200 bits per heavy atom. The van der Waals surface area contributed by atoms with Gasteiger partial charge in [-0.3, -0.25) is 0 Å². The number of nitrogens with two attached hydrogens (primary N) is 2. The molecule has 6 N–H and O–H groups in total. The zero-order chi connectivity index (χ0) is 84.5. The van der Waals surface area contributed by atoms with Crippen LogP contribution in [-0.4, -0.2) is 4.93 Å². The Hall–Kier alpha value is -14.8. The zero-order valence-electron chi connectivity index (χ0n) is 68.9. The fraction of sp³-hybridized carbons (Fsp3) is 0.0256.